The van der Waals surface area contributed by atoms with Gasteiger partial charge >= 0.3 is 0 Å². The first-order valence-electron chi connectivity index (χ1n) is 5.96. The molecule has 0 radical (unpaired) electrons. The molecule has 0 spiro atoms. The Bertz CT molecular complexity index is 546. The predicted octanol–water partition coefficient (Wildman–Crippen LogP) is 2.78. The highest BCUT2D eigenvalue weighted by Crippen LogP contribution is 2.30. The molecule has 2 aromatic rings. The molecule has 0 unspecified atom stereocenters. The second kappa shape index (κ2) is 5.49. The summed E-state index contributed by atoms with van der Waals surface area (Å²) in [6.45, 7) is 2.88. The van der Waals surface area contributed by atoms with E-state index in [4.69, 9.17) is 4.74 Å². The topological polar surface area (TPSA) is 44.1 Å². The van der Waals surface area contributed by atoms with Gasteiger partial charge in [0.2, 0.25) is 0 Å². The van der Waals surface area contributed by atoms with Crippen LogP contribution >= 0.6 is 0 Å². The zero-order chi connectivity index (χ0) is 13.0. The van der Waals surface area contributed by atoms with Crippen LogP contribution in [0.1, 0.15) is 23.7 Å². The molecule has 1 aromatic heterocycles. The van der Waals surface area contributed by atoms with E-state index in [2.05, 4.69) is 12.0 Å². The number of ether oxygens (including phenoxy) is 1. The monoisotopic (exact) mass is 244 g/mol. The molecule has 18 heavy (non-hydrogen) atoms. The van der Waals surface area contributed by atoms with Gasteiger partial charge in [0.25, 0.3) is 0 Å². The van der Waals surface area contributed by atoms with Crippen LogP contribution in [-0.2, 0) is 6.54 Å². The molecule has 2 rings (SSSR count). The van der Waals surface area contributed by atoms with E-state index < -0.39 is 0 Å². The van der Waals surface area contributed by atoms with E-state index in [9.17, 15) is 4.79 Å². The third kappa shape index (κ3) is 2.27. The highest BCUT2D eigenvalue weighted by molar-refractivity contribution is 5.87. The zero-order valence-electron chi connectivity index (χ0n) is 10.6. The lowest BCUT2D eigenvalue weighted by Crippen LogP contribution is -1.97. The maximum Gasteiger partial charge on any atom is 0.153 e. The second-order valence-corrected chi connectivity index (χ2v) is 4.01. The van der Waals surface area contributed by atoms with Crippen molar-refractivity contribution >= 4 is 6.29 Å². The number of rotatable bonds is 5. The largest absolute Gasteiger partial charge is 0.496 e. The van der Waals surface area contributed by atoms with Crippen LogP contribution in [0.15, 0.2) is 30.5 Å². The van der Waals surface area contributed by atoms with Gasteiger partial charge in [-0.05, 0) is 18.6 Å². The number of aryl methyl sites for hydroxylation is 1. The van der Waals surface area contributed by atoms with Crippen molar-refractivity contribution in [2.75, 3.05) is 7.11 Å². The molecule has 0 amide bonds. The number of hydrogen-bond acceptors (Lipinski definition) is 3. The van der Waals surface area contributed by atoms with E-state index in [1.165, 1.54) is 0 Å². The summed E-state index contributed by atoms with van der Waals surface area (Å²) in [5, 5.41) is 4.46. The van der Waals surface area contributed by atoms with Crippen molar-refractivity contribution in [3.63, 3.8) is 0 Å². The number of hydrogen-bond donors (Lipinski definition) is 0. The summed E-state index contributed by atoms with van der Waals surface area (Å²) in [4.78, 5) is 11.1. The van der Waals surface area contributed by atoms with Crippen molar-refractivity contribution in [3.05, 3.63) is 36.0 Å². The Balaban J connectivity index is 2.51. The number of benzene rings is 1. The molecular formula is C14H16N2O2. The number of methoxy groups -OCH3 is 1. The van der Waals surface area contributed by atoms with Crippen molar-refractivity contribution in [2.24, 2.45) is 0 Å². The molecule has 0 atom stereocenters. The maximum absolute atomic E-state index is 11.1. The summed E-state index contributed by atoms with van der Waals surface area (Å²) in [6.07, 6.45) is 3.59. The average Bonchev–Trinajstić information content (AvgIpc) is 2.82. The van der Waals surface area contributed by atoms with E-state index in [0.717, 1.165) is 30.6 Å². The number of carbonyl (C=O) groups excluding carboxylic acids is 1. The van der Waals surface area contributed by atoms with E-state index in [-0.39, 0.29) is 0 Å². The van der Waals surface area contributed by atoms with Gasteiger partial charge in [0, 0.05) is 18.3 Å². The van der Waals surface area contributed by atoms with Gasteiger partial charge in [0.1, 0.15) is 11.4 Å². The highest BCUT2D eigenvalue weighted by atomic mass is 16.5. The smallest absolute Gasteiger partial charge is 0.153 e. The molecule has 94 valence electrons. The van der Waals surface area contributed by atoms with Crippen molar-refractivity contribution in [1.82, 2.24) is 9.78 Å². The van der Waals surface area contributed by atoms with Gasteiger partial charge in [-0.3, -0.25) is 9.48 Å². The minimum atomic E-state index is 0.591. The molecule has 1 heterocycles. The van der Waals surface area contributed by atoms with Crippen LogP contribution in [0.5, 0.6) is 5.75 Å². The van der Waals surface area contributed by atoms with Gasteiger partial charge in [0.15, 0.2) is 6.29 Å². The molecule has 0 N–H and O–H groups in total. The Morgan fingerprint density at radius 3 is 2.83 bits per heavy atom. The summed E-state index contributed by atoms with van der Waals surface area (Å²) in [5.41, 5.74) is 2.11. The minimum Gasteiger partial charge on any atom is -0.496 e. The van der Waals surface area contributed by atoms with Crippen molar-refractivity contribution in [2.45, 2.75) is 19.9 Å². The van der Waals surface area contributed by atoms with Crippen LogP contribution in [0, 0.1) is 0 Å². The Labute approximate surface area is 106 Å². The third-order valence-electron chi connectivity index (χ3n) is 2.73. The van der Waals surface area contributed by atoms with Gasteiger partial charge in [-0.2, -0.15) is 5.10 Å². The first-order chi connectivity index (χ1) is 8.80. The maximum atomic E-state index is 11.1. The molecule has 4 nitrogen and oxygen atoms in total. The molecule has 0 saturated carbocycles. The highest BCUT2D eigenvalue weighted by Gasteiger charge is 2.14. The normalized spacial score (nSPS) is 10.3. The quantitative estimate of drug-likeness (QED) is 0.760. The lowest BCUT2D eigenvalue weighted by Gasteiger charge is -2.05. The number of aromatic nitrogens is 2. The van der Waals surface area contributed by atoms with Crippen LogP contribution in [-0.4, -0.2) is 23.2 Å². The van der Waals surface area contributed by atoms with Crippen LogP contribution in [0.4, 0.5) is 0 Å². The Morgan fingerprint density at radius 2 is 2.17 bits per heavy atom. The average molecular weight is 244 g/mol. The Morgan fingerprint density at radius 1 is 1.39 bits per heavy atom. The summed E-state index contributed by atoms with van der Waals surface area (Å²) < 4.78 is 7.10. The Hall–Kier alpha value is -2.10. The SMILES string of the molecule is CCCn1cc(C=O)c(-c2ccccc2OC)n1. The number of carbonyl (C=O) groups is 1. The number of para-hydroxylation sites is 1. The molecule has 0 aliphatic rings. The van der Waals surface area contributed by atoms with E-state index in [1.54, 1.807) is 18.0 Å². The molecule has 0 saturated heterocycles. The lowest BCUT2D eigenvalue weighted by atomic mass is 10.1. The van der Waals surface area contributed by atoms with Gasteiger partial charge in [-0.1, -0.05) is 19.1 Å². The fourth-order valence-electron chi connectivity index (χ4n) is 1.92. The standard InChI is InChI=1S/C14H16N2O2/c1-3-8-16-9-11(10-17)14(15-16)12-6-4-5-7-13(12)18-2/h4-7,9-10H,3,8H2,1-2H3. The second-order valence-electron chi connectivity index (χ2n) is 4.01. The predicted molar refractivity (Wildman–Crippen MR) is 69.9 cm³/mol. The van der Waals surface area contributed by atoms with Crippen LogP contribution < -0.4 is 4.74 Å². The van der Waals surface area contributed by atoms with E-state index >= 15 is 0 Å². The molecular weight excluding hydrogens is 228 g/mol. The van der Waals surface area contributed by atoms with Gasteiger partial charge in [0.05, 0.1) is 12.7 Å². The Kier molecular flexibility index (Phi) is 3.77. The van der Waals surface area contributed by atoms with Gasteiger partial charge in [-0.25, -0.2) is 0 Å². The number of aldehydes is 1. The first-order valence-corrected chi connectivity index (χ1v) is 5.96. The fraction of sp³-hybridized carbons (Fsp3) is 0.286. The van der Waals surface area contributed by atoms with Crippen molar-refractivity contribution in [3.8, 4) is 17.0 Å². The molecule has 0 bridgehead atoms. The zero-order valence-corrected chi connectivity index (χ0v) is 10.6. The first kappa shape index (κ1) is 12.4. The molecule has 4 heteroatoms. The molecule has 1 aromatic carbocycles. The van der Waals surface area contributed by atoms with Crippen LogP contribution in [0.2, 0.25) is 0 Å². The third-order valence-corrected chi connectivity index (χ3v) is 2.73. The summed E-state index contributed by atoms with van der Waals surface area (Å²) in [5.74, 6) is 0.724. The minimum absolute atomic E-state index is 0.591. The van der Waals surface area contributed by atoms with Crippen LogP contribution in [0.3, 0.4) is 0 Å². The fourth-order valence-corrected chi connectivity index (χ4v) is 1.92. The summed E-state index contributed by atoms with van der Waals surface area (Å²) >= 11 is 0. The van der Waals surface area contributed by atoms with E-state index in [0.29, 0.717) is 11.3 Å². The van der Waals surface area contributed by atoms with Crippen molar-refractivity contribution in [1.29, 1.82) is 0 Å². The van der Waals surface area contributed by atoms with Gasteiger partial charge in [-0.15, -0.1) is 0 Å². The van der Waals surface area contributed by atoms with Gasteiger partial charge < -0.3 is 4.74 Å². The van der Waals surface area contributed by atoms with Crippen molar-refractivity contribution < 1.29 is 9.53 Å². The molecule has 0 aliphatic heterocycles. The van der Waals surface area contributed by atoms with Crippen LogP contribution in [0.25, 0.3) is 11.3 Å². The molecule has 0 fully saturated rings. The van der Waals surface area contributed by atoms with E-state index in [1.807, 2.05) is 24.3 Å². The summed E-state index contributed by atoms with van der Waals surface area (Å²) in [6, 6.07) is 7.57. The number of nitrogens with zero attached hydrogens (tertiary/aromatic N) is 2. The lowest BCUT2D eigenvalue weighted by molar-refractivity contribution is 0.112. The molecule has 0 aliphatic carbocycles. The summed E-state index contributed by atoms with van der Waals surface area (Å²) in [7, 11) is 1.61.